The smallest absolute Gasteiger partial charge is 0.389 e. The van der Waals surface area contributed by atoms with Gasteiger partial charge in [0.15, 0.2) is 5.82 Å². The van der Waals surface area contributed by atoms with Crippen molar-refractivity contribution in [1.29, 1.82) is 0 Å². The molecule has 9 heteroatoms. The first kappa shape index (κ1) is 22.1. The molecule has 0 saturated carbocycles. The summed E-state index contributed by atoms with van der Waals surface area (Å²) in [6.07, 6.45) is -4.20. The summed E-state index contributed by atoms with van der Waals surface area (Å²) in [7, 11) is 0. The molecule has 0 aliphatic carbocycles. The van der Waals surface area contributed by atoms with Crippen molar-refractivity contribution in [1.82, 2.24) is 9.97 Å². The highest BCUT2D eigenvalue weighted by Crippen LogP contribution is 2.42. The molecule has 2 aromatic rings. The van der Waals surface area contributed by atoms with E-state index in [-0.39, 0.29) is 6.61 Å². The van der Waals surface area contributed by atoms with Gasteiger partial charge in [-0.2, -0.15) is 13.2 Å². The van der Waals surface area contributed by atoms with Crippen LogP contribution in [0.3, 0.4) is 0 Å². The molecule has 1 aliphatic rings. The van der Waals surface area contributed by atoms with Gasteiger partial charge in [-0.3, -0.25) is 0 Å². The number of alkyl halides is 3. The van der Waals surface area contributed by atoms with Crippen molar-refractivity contribution >= 4 is 29.0 Å². The second-order valence-electron chi connectivity index (χ2n) is 7.78. The maximum Gasteiger partial charge on any atom is 0.389 e. The first-order chi connectivity index (χ1) is 13.5. The minimum absolute atomic E-state index is 0.343. The zero-order valence-electron chi connectivity index (χ0n) is 16.2. The number of halogens is 5. The van der Waals surface area contributed by atoms with Crippen LogP contribution in [0.5, 0.6) is 0 Å². The van der Waals surface area contributed by atoms with E-state index in [1.54, 1.807) is 32.0 Å². The van der Waals surface area contributed by atoms with E-state index in [2.05, 4.69) is 9.97 Å². The fourth-order valence-corrected chi connectivity index (χ4v) is 4.15. The molecule has 0 atom stereocenters. The Labute approximate surface area is 177 Å². The van der Waals surface area contributed by atoms with Crippen LogP contribution in [0, 0.1) is 12.3 Å². The molecule has 0 radical (unpaired) electrons. The maximum absolute atomic E-state index is 12.9. The number of anilines is 1. The van der Waals surface area contributed by atoms with Crippen molar-refractivity contribution in [3.63, 3.8) is 0 Å². The van der Waals surface area contributed by atoms with Crippen LogP contribution in [0.25, 0.3) is 11.3 Å². The average molecular weight is 448 g/mol. The van der Waals surface area contributed by atoms with Gasteiger partial charge in [0, 0.05) is 25.1 Å². The van der Waals surface area contributed by atoms with Crippen LogP contribution in [0.4, 0.5) is 19.0 Å². The first-order valence-electron chi connectivity index (χ1n) is 9.27. The van der Waals surface area contributed by atoms with E-state index in [1.807, 2.05) is 4.90 Å². The molecular weight excluding hydrogens is 426 g/mol. The third kappa shape index (κ3) is 4.95. The molecule has 0 bridgehead atoms. The van der Waals surface area contributed by atoms with Crippen molar-refractivity contribution in [3.8, 4) is 11.3 Å². The Hall–Kier alpha value is -1.57. The van der Waals surface area contributed by atoms with Gasteiger partial charge in [0.1, 0.15) is 5.69 Å². The van der Waals surface area contributed by atoms with Crippen molar-refractivity contribution in [2.75, 3.05) is 18.0 Å². The lowest BCUT2D eigenvalue weighted by Gasteiger charge is -2.40. The lowest BCUT2D eigenvalue weighted by atomic mass is 9.77. The Balaban J connectivity index is 1.88. The van der Waals surface area contributed by atoms with Gasteiger partial charge in [0.25, 0.3) is 0 Å². The van der Waals surface area contributed by atoms with Crippen LogP contribution < -0.4 is 4.90 Å². The molecule has 0 unspecified atom stereocenters. The second kappa shape index (κ2) is 8.28. The summed E-state index contributed by atoms with van der Waals surface area (Å²) in [4.78, 5) is 11.1. The molecule has 1 aromatic carbocycles. The molecule has 4 nitrogen and oxygen atoms in total. The van der Waals surface area contributed by atoms with E-state index in [0.717, 1.165) is 0 Å². The van der Waals surface area contributed by atoms with E-state index in [9.17, 15) is 18.3 Å². The van der Waals surface area contributed by atoms with Crippen molar-refractivity contribution in [3.05, 3.63) is 39.6 Å². The number of piperidine rings is 1. The quantitative estimate of drug-likeness (QED) is 0.642. The van der Waals surface area contributed by atoms with Crippen molar-refractivity contribution < 1.29 is 18.3 Å². The lowest BCUT2D eigenvalue weighted by molar-refractivity contribution is -0.158. The molecule has 1 fully saturated rings. The van der Waals surface area contributed by atoms with Crippen LogP contribution in [-0.4, -0.2) is 34.3 Å². The summed E-state index contributed by atoms with van der Waals surface area (Å²) in [5.74, 6) is 0.501. The van der Waals surface area contributed by atoms with Gasteiger partial charge >= 0.3 is 6.18 Å². The first-order valence-corrected chi connectivity index (χ1v) is 10.0. The monoisotopic (exact) mass is 447 g/mol. The van der Waals surface area contributed by atoms with Crippen molar-refractivity contribution in [2.45, 2.75) is 45.9 Å². The number of aliphatic hydroxyl groups excluding tert-OH is 1. The van der Waals surface area contributed by atoms with Gasteiger partial charge in [0.2, 0.25) is 0 Å². The number of hydrogen-bond acceptors (Lipinski definition) is 4. The van der Waals surface area contributed by atoms with E-state index in [1.165, 1.54) is 0 Å². The normalized spacial score (nSPS) is 16.9. The Kier molecular flexibility index (Phi) is 6.32. The summed E-state index contributed by atoms with van der Waals surface area (Å²) in [5, 5.41) is 10.6. The van der Waals surface area contributed by atoms with Gasteiger partial charge in [0.05, 0.1) is 28.0 Å². The number of hydrogen-bond donors (Lipinski definition) is 1. The van der Waals surface area contributed by atoms with Crippen LogP contribution >= 0.6 is 23.2 Å². The van der Waals surface area contributed by atoms with E-state index in [0.29, 0.717) is 64.4 Å². The summed E-state index contributed by atoms with van der Waals surface area (Å²) in [5.41, 5.74) is 1.31. The summed E-state index contributed by atoms with van der Waals surface area (Å²) in [6, 6.07) is 5.20. The third-order valence-corrected chi connectivity index (χ3v) is 6.19. The molecule has 0 spiro atoms. The van der Waals surface area contributed by atoms with E-state index in [4.69, 9.17) is 23.2 Å². The van der Waals surface area contributed by atoms with Gasteiger partial charge < -0.3 is 10.0 Å². The van der Waals surface area contributed by atoms with Gasteiger partial charge in [-0.15, -0.1) is 0 Å². The highest BCUT2D eigenvalue weighted by Gasteiger charge is 2.41. The van der Waals surface area contributed by atoms with Gasteiger partial charge in [-0.1, -0.05) is 42.3 Å². The van der Waals surface area contributed by atoms with E-state index >= 15 is 0 Å². The summed E-state index contributed by atoms with van der Waals surface area (Å²) < 4.78 is 38.6. The summed E-state index contributed by atoms with van der Waals surface area (Å²) >= 11 is 12.4. The zero-order valence-corrected chi connectivity index (χ0v) is 17.7. The number of aryl methyl sites for hydroxylation is 1. The largest absolute Gasteiger partial charge is 0.390 e. The lowest BCUT2D eigenvalue weighted by Crippen LogP contribution is -2.41. The zero-order chi connectivity index (χ0) is 21.4. The minimum atomic E-state index is -4.18. The molecule has 3 rings (SSSR count). The molecular formula is C20H22Cl2F3N3O. The minimum Gasteiger partial charge on any atom is -0.390 e. The number of aromatic nitrogens is 2. The number of rotatable bonds is 4. The number of aliphatic hydroxyl groups is 1. The molecule has 0 amide bonds. The predicted octanol–water partition coefficient (Wildman–Crippen LogP) is 5.81. The molecule has 1 aliphatic heterocycles. The third-order valence-electron chi connectivity index (χ3n) is 5.37. The average Bonchev–Trinajstić information content (AvgIpc) is 2.63. The number of nitrogens with zero attached hydrogens (tertiary/aromatic N) is 3. The molecule has 1 N–H and O–H groups in total. The van der Waals surface area contributed by atoms with Crippen LogP contribution in [0.15, 0.2) is 18.2 Å². The standard InChI is InChI=1S/C20H22Cl2F3N3O/c1-12-17(13-4-3-5-14(21)16(13)22)27-15(10-29)18(26-12)28-8-6-19(2,7-9-28)11-20(23,24)25/h3-5,29H,6-11H2,1-2H3. The fourth-order valence-electron chi connectivity index (χ4n) is 3.76. The Morgan fingerprint density at radius 2 is 1.83 bits per heavy atom. The number of benzene rings is 1. The summed E-state index contributed by atoms with van der Waals surface area (Å²) in [6.45, 7) is 3.95. The topological polar surface area (TPSA) is 49.2 Å². The van der Waals surface area contributed by atoms with Crippen LogP contribution in [-0.2, 0) is 6.61 Å². The van der Waals surface area contributed by atoms with Gasteiger partial charge in [-0.25, -0.2) is 9.97 Å². The second-order valence-corrected chi connectivity index (χ2v) is 8.56. The Morgan fingerprint density at radius 1 is 1.17 bits per heavy atom. The molecule has 29 heavy (non-hydrogen) atoms. The molecule has 2 heterocycles. The van der Waals surface area contributed by atoms with Crippen LogP contribution in [0.2, 0.25) is 10.0 Å². The van der Waals surface area contributed by atoms with E-state index < -0.39 is 18.0 Å². The Morgan fingerprint density at radius 3 is 2.41 bits per heavy atom. The van der Waals surface area contributed by atoms with Crippen LogP contribution in [0.1, 0.15) is 37.6 Å². The highest BCUT2D eigenvalue weighted by molar-refractivity contribution is 6.43. The molecule has 1 aromatic heterocycles. The molecule has 158 valence electrons. The SMILES string of the molecule is Cc1nc(N2CCC(C)(CC(F)(F)F)CC2)c(CO)nc1-c1cccc(Cl)c1Cl. The van der Waals surface area contributed by atoms with Gasteiger partial charge in [-0.05, 0) is 31.2 Å². The van der Waals surface area contributed by atoms with Crippen molar-refractivity contribution in [2.24, 2.45) is 5.41 Å². The maximum atomic E-state index is 12.9. The highest BCUT2D eigenvalue weighted by atomic mass is 35.5. The fraction of sp³-hybridized carbons (Fsp3) is 0.500. The Bertz CT molecular complexity index is 897. The predicted molar refractivity (Wildman–Crippen MR) is 108 cm³/mol. The molecule has 1 saturated heterocycles.